The number of rotatable bonds is 2. The van der Waals surface area contributed by atoms with Crippen LogP contribution < -0.4 is 10.6 Å². The summed E-state index contributed by atoms with van der Waals surface area (Å²) in [4.78, 5) is 24.7. The van der Waals surface area contributed by atoms with Crippen molar-refractivity contribution in [1.82, 2.24) is 19.5 Å². The molecule has 0 aromatic carbocycles. The highest BCUT2D eigenvalue weighted by atomic mass is 16.6. The Labute approximate surface area is 114 Å². The number of hydrogen-bond donors (Lipinski definition) is 1. The highest BCUT2D eigenvalue weighted by Crippen LogP contribution is 2.31. The van der Waals surface area contributed by atoms with Gasteiger partial charge in [0.1, 0.15) is 11.5 Å². The highest BCUT2D eigenvalue weighted by molar-refractivity contribution is 5.62. The first kappa shape index (κ1) is 12.3. The number of fused-ring (bicyclic) bond motifs is 1. The molecule has 0 atom stereocenters. The van der Waals surface area contributed by atoms with Crippen LogP contribution in [0.2, 0.25) is 0 Å². The van der Waals surface area contributed by atoms with E-state index in [4.69, 9.17) is 5.73 Å². The van der Waals surface area contributed by atoms with Crippen molar-refractivity contribution in [3.8, 4) is 0 Å². The SMILES string of the molecule is Cc1nc(N)nc(N2CCn3ccnc3C2)c1[N+](=O)[O-]. The van der Waals surface area contributed by atoms with Crippen molar-refractivity contribution in [3.05, 3.63) is 34.0 Å². The smallest absolute Gasteiger partial charge is 0.332 e. The van der Waals surface area contributed by atoms with Crippen molar-refractivity contribution in [3.63, 3.8) is 0 Å². The molecule has 0 saturated heterocycles. The van der Waals surface area contributed by atoms with Gasteiger partial charge >= 0.3 is 5.69 Å². The summed E-state index contributed by atoms with van der Waals surface area (Å²) in [5, 5.41) is 11.2. The first-order valence-electron chi connectivity index (χ1n) is 6.09. The van der Waals surface area contributed by atoms with E-state index in [2.05, 4.69) is 15.0 Å². The van der Waals surface area contributed by atoms with Gasteiger partial charge in [0, 0.05) is 25.5 Å². The third kappa shape index (κ3) is 1.92. The molecule has 0 spiro atoms. The molecule has 0 aliphatic carbocycles. The van der Waals surface area contributed by atoms with Crippen LogP contribution in [0.3, 0.4) is 0 Å². The van der Waals surface area contributed by atoms with E-state index in [9.17, 15) is 10.1 Å². The fourth-order valence-corrected chi connectivity index (χ4v) is 2.36. The van der Waals surface area contributed by atoms with Gasteiger partial charge in [0.2, 0.25) is 11.8 Å². The summed E-state index contributed by atoms with van der Waals surface area (Å²) >= 11 is 0. The van der Waals surface area contributed by atoms with Crippen molar-refractivity contribution in [2.24, 2.45) is 0 Å². The maximum absolute atomic E-state index is 11.2. The van der Waals surface area contributed by atoms with Crippen molar-refractivity contribution in [2.75, 3.05) is 17.2 Å². The molecule has 0 amide bonds. The van der Waals surface area contributed by atoms with E-state index in [-0.39, 0.29) is 23.1 Å². The zero-order chi connectivity index (χ0) is 14.3. The van der Waals surface area contributed by atoms with Gasteiger partial charge in [-0.1, -0.05) is 0 Å². The Hall–Kier alpha value is -2.71. The summed E-state index contributed by atoms with van der Waals surface area (Å²) < 4.78 is 2.01. The van der Waals surface area contributed by atoms with Gasteiger partial charge < -0.3 is 15.2 Å². The molecule has 0 fully saturated rings. The minimum atomic E-state index is -0.467. The van der Waals surface area contributed by atoms with E-state index in [1.165, 1.54) is 0 Å². The Morgan fingerprint density at radius 2 is 2.20 bits per heavy atom. The molecule has 2 aromatic rings. The molecule has 0 unspecified atom stereocenters. The van der Waals surface area contributed by atoms with Crippen LogP contribution in [0.25, 0.3) is 0 Å². The maximum atomic E-state index is 11.2. The summed E-state index contributed by atoms with van der Waals surface area (Å²) in [6, 6.07) is 0. The van der Waals surface area contributed by atoms with Gasteiger partial charge in [0.15, 0.2) is 0 Å². The van der Waals surface area contributed by atoms with Gasteiger partial charge in [-0.2, -0.15) is 4.98 Å². The Bertz CT molecular complexity index is 681. The zero-order valence-electron chi connectivity index (χ0n) is 10.9. The summed E-state index contributed by atoms with van der Waals surface area (Å²) in [5.41, 5.74) is 5.79. The number of nitrogens with zero attached hydrogens (tertiary/aromatic N) is 6. The third-order valence-corrected chi connectivity index (χ3v) is 3.28. The van der Waals surface area contributed by atoms with Gasteiger partial charge in [0.25, 0.3) is 0 Å². The Morgan fingerprint density at radius 3 is 2.95 bits per heavy atom. The van der Waals surface area contributed by atoms with Gasteiger partial charge in [-0.05, 0) is 6.92 Å². The zero-order valence-corrected chi connectivity index (χ0v) is 10.9. The number of anilines is 2. The second-order valence-electron chi connectivity index (χ2n) is 4.55. The Balaban J connectivity index is 2.05. The molecular formula is C11H13N7O2. The van der Waals surface area contributed by atoms with Crippen molar-refractivity contribution in [1.29, 1.82) is 0 Å². The molecule has 20 heavy (non-hydrogen) atoms. The second kappa shape index (κ2) is 4.44. The fourth-order valence-electron chi connectivity index (χ4n) is 2.36. The number of nitrogens with two attached hydrogens (primary N) is 1. The fraction of sp³-hybridized carbons (Fsp3) is 0.364. The molecule has 0 radical (unpaired) electrons. The van der Waals surface area contributed by atoms with E-state index in [0.29, 0.717) is 19.6 Å². The molecule has 2 N–H and O–H groups in total. The Kier molecular flexibility index (Phi) is 2.74. The first-order valence-corrected chi connectivity index (χ1v) is 6.09. The van der Waals surface area contributed by atoms with Crippen LogP contribution in [0.15, 0.2) is 12.4 Å². The number of aryl methyl sites for hydroxylation is 1. The number of nitrogen functional groups attached to an aromatic ring is 1. The van der Waals surface area contributed by atoms with Gasteiger partial charge in [-0.15, -0.1) is 0 Å². The molecule has 0 bridgehead atoms. The van der Waals surface area contributed by atoms with Crippen molar-refractivity contribution >= 4 is 17.5 Å². The van der Waals surface area contributed by atoms with Gasteiger partial charge in [0.05, 0.1) is 11.5 Å². The lowest BCUT2D eigenvalue weighted by molar-refractivity contribution is -0.385. The minimum absolute atomic E-state index is 0.0389. The highest BCUT2D eigenvalue weighted by Gasteiger charge is 2.28. The molecule has 1 aliphatic heterocycles. The molecule has 0 saturated carbocycles. The lowest BCUT2D eigenvalue weighted by Crippen LogP contribution is -2.35. The molecular weight excluding hydrogens is 262 g/mol. The van der Waals surface area contributed by atoms with Crippen molar-refractivity contribution in [2.45, 2.75) is 20.0 Å². The molecule has 9 heteroatoms. The summed E-state index contributed by atoms with van der Waals surface area (Å²) in [7, 11) is 0. The molecule has 3 heterocycles. The van der Waals surface area contributed by atoms with Crippen LogP contribution in [0, 0.1) is 17.0 Å². The average Bonchev–Trinajstić information content (AvgIpc) is 2.84. The monoisotopic (exact) mass is 275 g/mol. The van der Waals surface area contributed by atoms with E-state index in [1.54, 1.807) is 13.1 Å². The maximum Gasteiger partial charge on any atom is 0.332 e. The molecule has 1 aliphatic rings. The number of aromatic nitrogens is 4. The topological polar surface area (TPSA) is 116 Å². The minimum Gasteiger partial charge on any atom is -0.368 e. The van der Waals surface area contributed by atoms with Gasteiger partial charge in [-0.3, -0.25) is 10.1 Å². The van der Waals surface area contributed by atoms with Gasteiger partial charge in [-0.25, -0.2) is 9.97 Å². The van der Waals surface area contributed by atoms with Crippen LogP contribution in [0.4, 0.5) is 17.5 Å². The quantitative estimate of drug-likeness (QED) is 0.626. The van der Waals surface area contributed by atoms with Crippen LogP contribution >= 0.6 is 0 Å². The lowest BCUT2D eigenvalue weighted by Gasteiger charge is -2.28. The summed E-state index contributed by atoms with van der Waals surface area (Å²) in [6.45, 7) is 3.34. The molecule has 3 rings (SSSR count). The van der Waals surface area contributed by atoms with Crippen LogP contribution in [0.1, 0.15) is 11.5 Å². The van der Waals surface area contributed by atoms with Crippen LogP contribution in [-0.2, 0) is 13.1 Å². The second-order valence-corrected chi connectivity index (χ2v) is 4.55. The van der Waals surface area contributed by atoms with E-state index < -0.39 is 4.92 Å². The summed E-state index contributed by atoms with van der Waals surface area (Å²) in [5.74, 6) is 1.15. The predicted octanol–water partition coefficient (Wildman–Crippen LogP) is 0.492. The standard InChI is InChI=1S/C11H13N7O2/c1-7-9(18(19)20)10(15-11(12)14-7)17-5-4-16-3-2-13-8(16)6-17/h2-3H,4-6H2,1H3,(H2,12,14,15). The van der Waals surface area contributed by atoms with Crippen LogP contribution in [-0.4, -0.2) is 31.0 Å². The predicted molar refractivity (Wildman–Crippen MR) is 71.1 cm³/mol. The number of nitro groups is 1. The van der Waals surface area contributed by atoms with Crippen LogP contribution in [0.5, 0.6) is 0 Å². The normalized spacial score (nSPS) is 14.2. The number of hydrogen-bond acceptors (Lipinski definition) is 7. The molecule has 104 valence electrons. The summed E-state index contributed by atoms with van der Waals surface area (Å²) in [6.07, 6.45) is 3.60. The molecule has 9 nitrogen and oxygen atoms in total. The Morgan fingerprint density at radius 1 is 1.40 bits per heavy atom. The average molecular weight is 275 g/mol. The van der Waals surface area contributed by atoms with Crippen molar-refractivity contribution < 1.29 is 4.92 Å². The van der Waals surface area contributed by atoms with E-state index in [0.717, 1.165) is 5.82 Å². The lowest BCUT2D eigenvalue weighted by atomic mass is 10.3. The van der Waals surface area contributed by atoms with E-state index in [1.807, 2.05) is 15.7 Å². The largest absolute Gasteiger partial charge is 0.368 e. The third-order valence-electron chi connectivity index (χ3n) is 3.28. The first-order chi connectivity index (χ1) is 9.56. The van der Waals surface area contributed by atoms with E-state index >= 15 is 0 Å². The number of imidazole rings is 1. The molecule has 2 aromatic heterocycles.